The number of likely N-dealkylation sites (N-methyl/N-ethyl adjacent to an activating group) is 1. The van der Waals surface area contributed by atoms with Crippen molar-refractivity contribution in [1.82, 2.24) is 9.80 Å². The highest BCUT2D eigenvalue weighted by Crippen LogP contribution is 2.19. The van der Waals surface area contributed by atoms with Gasteiger partial charge in [0.05, 0.1) is 6.10 Å². The van der Waals surface area contributed by atoms with Crippen LogP contribution in [0.3, 0.4) is 0 Å². The molecular formula is C16H26N2O. The molecule has 1 aliphatic heterocycles. The Kier molecular flexibility index (Phi) is 4.97. The van der Waals surface area contributed by atoms with E-state index in [4.69, 9.17) is 0 Å². The number of rotatable bonds is 4. The van der Waals surface area contributed by atoms with Crippen LogP contribution in [0, 0.1) is 6.92 Å². The third kappa shape index (κ3) is 4.03. The predicted molar refractivity (Wildman–Crippen MR) is 79.3 cm³/mol. The van der Waals surface area contributed by atoms with E-state index in [9.17, 15) is 5.11 Å². The number of likely N-dealkylation sites (tertiary alicyclic amines) is 1. The van der Waals surface area contributed by atoms with Gasteiger partial charge in [-0.1, -0.05) is 29.8 Å². The van der Waals surface area contributed by atoms with Gasteiger partial charge in [-0.2, -0.15) is 0 Å². The molecule has 1 fully saturated rings. The summed E-state index contributed by atoms with van der Waals surface area (Å²) in [7, 11) is 4.31. The van der Waals surface area contributed by atoms with E-state index < -0.39 is 0 Å². The smallest absolute Gasteiger partial charge is 0.0916 e. The largest absolute Gasteiger partial charge is 0.387 e. The van der Waals surface area contributed by atoms with Gasteiger partial charge in [0, 0.05) is 12.6 Å². The van der Waals surface area contributed by atoms with Crippen LogP contribution in [0.25, 0.3) is 0 Å². The molecule has 2 rings (SSSR count). The molecule has 3 heteroatoms. The number of benzene rings is 1. The zero-order chi connectivity index (χ0) is 13.8. The Labute approximate surface area is 116 Å². The van der Waals surface area contributed by atoms with Crippen molar-refractivity contribution >= 4 is 0 Å². The molecule has 19 heavy (non-hydrogen) atoms. The van der Waals surface area contributed by atoms with Gasteiger partial charge in [-0.3, -0.25) is 0 Å². The van der Waals surface area contributed by atoms with Crippen LogP contribution >= 0.6 is 0 Å². The quantitative estimate of drug-likeness (QED) is 0.899. The van der Waals surface area contributed by atoms with Crippen LogP contribution in [0.15, 0.2) is 24.3 Å². The average molecular weight is 262 g/mol. The maximum Gasteiger partial charge on any atom is 0.0916 e. The van der Waals surface area contributed by atoms with E-state index in [1.54, 1.807) is 0 Å². The second-order valence-corrected chi connectivity index (χ2v) is 5.90. The van der Waals surface area contributed by atoms with Crippen molar-refractivity contribution in [3.8, 4) is 0 Å². The minimum absolute atomic E-state index is 0.384. The van der Waals surface area contributed by atoms with Gasteiger partial charge in [0.2, 0.25) is 0 Å². The van der Waals surface area contributed by atoms with Gasteiger partial charge in [0.15, 0.2) is 0 Å². The summed E-state index contributed by atoms with van der Waals surface area (Å²) in [6.45, 7) is 5.11. The molecule has 0 amide bonds. The third-order valence-corrected chi connectivity index (χ3v) is 4.23. The highest BCUT2D eigenvalue weighted by molar-refractivity contribution is 5.23. The van der Waals surface area contributed by atoms with Crippen LogP contribution in [0.5, 0.6) is 0 Å². The number of piperidine rings is 1. The SMILES string of the molecule is Cc1ccc(C(O)CN(C)C2CCN(C)CC2)cc1. The highest BCUT2D eigenvalue weighted by atomic mass is 16.3. The zero-order valence-electron chi connectivity index (χ0n) is 12.3. The minimum Gasteiger partial charge on any atom is -0.387 e. The maximum atomic E-state index is 10.3. The third-order valence-electron chi connectivity index (χ3n) is 4.23. The summed E-state index contributed by atoms with van der Waals surface area (Å²) in [5, 5.41) is 10.3. The summed E-state index contributed by atoms with van der Waals surface area (Å²) in [6.07, 6.45) is 2.02. The van der Waals surface area contributed by atoms with Crippen LogP contribution in [0.4, 0.5) is 0 Å². The van der Waals surface area contributed by atoms with E-state index in [0.717, 1.165) is 25.2 Å². The van der Waals surface area contributed by atoms with E-state index in [0.29, 0.717) is 6.04 Å². The lowest BCUT2D eigenvalue weighted by molar-refractivity contribution is 0.0789. The fourth-order valence-corrected chi connectivity index (χ4v) is 2.75. The molecule has 0 bridgehead atoms. The van der Waals surface area contributed by atoms with Gasteiger partial charge in [0.1, 0.15) is 0 Å². The first-order chi connectivity index (χ1) is 9.06. The number of aryl methyl sites for hydroxylation is 1. The van der Waals surface area contributed by atoms with Crippen molar-refractivity contribution in [3.05, 3.63) is 35.4 Å². The first-order valence-electron chi connectivity index (χ1n) is 7.19. The lowest BCUT2D eigenvalue weighted by Crippen LogP contribution is -2.43. The Balaban J connectivity index is 1.87. The molecule has 0 spiro atoms. The molecule has 1 aromatic rings. The van der Waals surface area contributed by atoms with Crippen molar-refractivity contribution in [2.24, 2.45) is 0 Å². The first-order valence-corrected chi connectivity index (χ1v) is 7.19. The first kappa shape index (κ1) is 14.5. The molecule has 1 heterocycles. The molecule has 1 saturated heterocycles. The molecular weight excluding hydrogens is 236 g/mol. The average Bonchev–Trinajstić information content (AvgIpc) is 2.40. The van der Waals surface area contributed by atoms with Crippen LogP contribution in [0.2, 0.25) is 0 Å². The number of hydrogen-bond donors (Lipinski definition) is 1. The van der Waals surface area contributed by atoms with E-state index in [1.165, 1.54) is 18.4 Å². The zero-order valence-corrected chi connectivity index (χ0v) is 12.3. The summed E-state index contributed by atoms with van der Waals surface area (Å²) in [4.78, 5) is 4.69. The molecule has 1 aliphatic rings. The number of nitrogens with zero attached hydrogens (tertiary/aromatic N) is 2. The fraction of sp³-hybridized carbons (Fsp3) is 0.625. The second-order valence-electron chi connectivity index (χ2n) is 5.90. The van der Waals surface area contributed by atoms with Crippen molar-refractivity contribution in [3.63, 3.8) is 0 Å². The monoisotopic (exact) mass is 262 g/mol. The van der Waals surface area contributed by atoms with E-state index in [1.807, 2.05) is 12.1 Å². The molecule has 1 atom stereocenters. The number of aliphatic hydroxyl groups is 1. The number of aliphatic hydroxyl groups excluding tert-OH is 1. The summed E-state index contributed by atoms with van der Waals surface area (Å²) < 4.78 is 0. The van der Waals surface area contributed by atoms with Gasteiger partial charge in [0.25, 0.3) is 0 Å². The Hall–Kier alpha value is -0.900. The van der Waals surface area contributed by atoms with E-state index >= 15 is 0 Å². The fourth-order valence-electron chi connectivity index (χ4n) is 2.75. The summed E-state index contributed by atoms with van der Waals surface area (Å²) in [6, 6.07) is 8.80. The molecule has 0 aromatic heterocycles. The summed E-state index contributed by atoms with van der Waals surface area (Å²) in [5.74, 6) is 0. The van der Waals surface area contributed by atoms with Gasteiger partial charge < -0.3 is 14.9 Å². The Morgan fingerprint density at radius 1 is 1.26 bits per heavy atom. The highest BCUT2D eigenvalue weighted by Gasteiger charge is 2.22. The van der Waals surface area contributed by atoms with E-state index in [-0.39, 0.29) is 6.10 Å². The van der Waals surface area contributed by atoms with Gasteiger partial charge in [-0.15, -0.1) is 0 Å². The predicted octanol–water partition coefficient (Wildman–Crippen LogP) is 2.05. The van der Waals surface area contributed by atoms with Gasteiger partial charge in [-0.25, -0.2) is 0 Å². The van der Waals surface area contributed by atoms with Crippen LogP contribution in [-0.2, 0) is 0 Å². The number of hydrogen-bond acceptors (Lipinski definition) is 3. The molecule has 1 aromatic carbocycles. The van der Waals surface area contributed by atoms with Gasteiger partial charge >= 0.3 is 0 Å². The molecule has 106 valence electrons. The summed E-state index contributed by atoms with van der Waals surface area (Å²) in [5.41, 5.74) is 2.25. The van der Waals surface area contributed by atoms with Crippen molar-refractivity contribution < 1.29 is 5.11 Å². The van der Waals surface area contributed by atoms with Crippen LogP contribution in [-0.4, -0.2) is 54.7 Å². The minimum atomic E-state index is -0.384. The Bertz CT molecular complexity index is 382. The molecule has 1 unspecified atom stereocenters. The van der Waals surface area contributed by atoms with Crippen LogP contribution < -0.4 is 0 Å². The molecule has 0 aliphatic carbocycles. The standard InChI is InChI=1S/C16H26N2O/c1-13-4-6-14(7-5-13)16(19)12-18(3)15-8-10-17(2)11-9-15/h4-7,15-16,19H,8-12H2,1-3H3. The molecule has 0 radical (unpaired) electrons. The normalized spacial score (nSPS) is 19.8. The van der Waals surface area contributed by atoms with Crippen molar-refractivity contribution in [2.75, 3.05) is 33.7 Å². The molecule has 1 N–H and O–H groups in total. The second kappa shape index (κ2) is 6.51. The van der Waals surface area contributed by atoms with Crippen molar-refractivity contribution in [1.29, 1.82) is 0 Å². The lowest BCUT2D eigenvalue weighted by Gasteiger charge is -2.36. The van der Waals surface area contributed by atoms with Gasteiger partial charge in [-0.05, 0) is 52.5 Å². The topological polar surface area (TPSA) is 26.7 Å². The van der Waals surface area contributed by atoms with E-state index in [2.05, 4.69) is 43.0 Å². The Morgan fingerprint density at radius 2 is 1.84 bits per heavy atom. The molecule has 3 nitrogen and oxygen atoms in total. The summed E-state index contributed by atoms with van der Waals surface area (Å²) >= 11 is 0. The Morgan fingerprint density at radius 3 is 2.42 bits per heavy atom. The lowest BCUT2D eigenvalue weighted by atomic mass is 10.0. The van der Waals surface area contributed by atoms with Crippen LogP contribution in [0.1, 0.15) is 30.1 Å². The maximum absolute atomic E-state index is 10.3. The molecule has 0 saturated carbocycles. The van der Waals surface area contributed by atoms with Crippen molar-refractivity contribution in [2.45, 2.75) is 31.9 Å².